The Kier molecular flexibility index (Phi) is 6.87. The lowest BCUT2D eigenvalue weighted by Gasteiger charge is -2.42. The van der Waals surface area contributed by atoms with E-state index in [9.17, 15) is 19.2 Å². The molecule has 3 N–H and O–H groups in total. The Morgan fingerprint density at radius 2 is 1.48 bits per heavy atom. The van der Waals surface area contributed by atoms with E-state index >= 15 is 0 Å². The molecule has 1 aromatic heterocycles. The van der Waals surface area contributed by atoms with Crippen molar-refractivity contribution in [3.05, 3.63) is 72.0 Å². The molecule has 0 amide bonds. The van der Waals surface area contributed by atoms with Gasteiger partial charge < -0.3 is 33.7 Å². The number of hydrogen-bond acceptors (Lipinski definition) is 11. The number of fused-ring (bicyclic) bond motifs is 2. The van der Waals surface area contributed by atoms with Gasteiger partial charge in [0, 0.05) is 29.2 Å². The van der Waals surface area contributed by atoms with Crippen molar-refractivity contribution >= 4 is 29.0 Å². The van der Waals surface area contributed by atoms with E-state index in [2.05, 4.69) is 15.3 Å². The Balaban J connectivity index is 1.61. The molecule has 0 bridgehead atoms. The van der Waals surface area contributed by atoms with Gasteiger partial charge in [-0.2, -0.15) is 0 Å². The molecule has 0 radical (unpaired) electrons. The summed E-state index contributed by atoms with van der Waals surface area (Å²) >= 11 is 6.59. The molecule has 230 valence electrons. The van der Waals surface area contributed by atoms with Crippen molar-refractivity contribution in [2.24, 2.45) is 5.92 Å². The molecule has 3 aromatic rings. The maximum absolute atomic E-state index is 14.9. The summed E-state index contributed by atoms with van der Waals surface area (Å²) in [6.07, 6.45) is 0.132. The number of allylic oxidation sites excluding steroid dienone is 1. The number of aromatic amines is 2. The fourth-order valence-electron chi connectivity index (χ4n) is 6.39. The topological polar surface area (TPSA) is 167 Å². The molecule has 0 saturated heterocycles. The molecule has 14 heteroatoms. The fraction of sp³-hybridized carbons (Fsp3) is 0.333. The first-order valence-corrected chi connectivity index (χ1v) is 13.8. The molecule has 44 heavy (non-hydrogen) atoms. The lowest BCUT2D eigenvalue weighted by Crippen LogP contribution is -2.58. The van der Waals surface area contributed by atoms with Gasteiger partial charge in [0.2, 0.25) is 22.9 Å². The van der Waals surface area contributed by atoms with E-state index in [4.69, 9.17) is 40.0 Å². The zero-order chi connectivity index (χ0) is 31.7. The number of carbonyl (C=O) groups excluding carboxylic acids is 2. The highest BCUT2D eigenvalue weighted by Gasteiger charge is 2.63. The summed E-state index contributed by atoms with van der Waals surface area (Å²) in [6.45, 7) is 1.70. The largest absolute Gasteiger partial charge is 0.496 e. The van der Waals surface area contributed by atoms with Crippen molar-refractivity contribution < 1.29 is 38.0 Å². The predicted octanol–water partition coefficient (Wildman–Crippen LogP) is 3.19. The van der Waals surface area contributed by atoms with Crippen LogP contribution in [0.4, 0.5) is 5.82 Å². The van der Waals surface area contributed by atoms with E-state index in [0.29, 0.717) is 11.3 Å². The summed E-state index contributed by atoms with van der Waals surface area (Å²) in [4.78, 5) is 59.9. The third kappa shape index (κ3) is 3.85. The fourth-order valence-corrected chi connectivity index (χ4v) is 6.65. The Bertz CT molecular complexity index is 1890. The number of rotatable bonds is 6. The van der Waals surface area contributed by atoms with Crippen LogP contribution in [0, 0.1) is 5.92 Å². The van der Waals surface area contributed by atoms with Crippen LogP contribution in [-0.4, -0.2) is 62.7 Å². The lowest BCUT2D eigenvalue weighted by atomic mass is 9.66. The number of nitrogens with one attached hydrogen (secondary N) is 3. The zero-order valence-electron chi connectivity index (χ0n) is 24.6. The maximum Gasteiger partial charge on any atom is 0.327 e. The monoisotopic (exact) mass is 625 g/mol. The van der Waals surface area contributed by atoms with Gasteiger partial charge in [0.05, 0.1) is 41.1 Å². The van der Waals surface area contributed by atoms with Crippen LogP contribution >= 0.6 is 11.6 Å². The van der Waals surface area contributed by atoms with Crippen LogP contribution in [0.3, 0.4) is 0 Å². The maximum atomic E-state index is 14.9. The van der Waals surface area contributed by atoms with Gasteiger partial charge in [-0.25, -0.2) is 4.79 Å². The van der Waals surface area contributed by atoms with Gasteiger partial charge in [-0.3, -0.25) is 24.4 Å². The summed E-state index contributed by atoms with van der Waals surface area (Å²) < 4.78 is 33.7. The molecule has 2 aliphatic heterocycles. The molecule has 0 fully saturated rings. The summed E-state index contributed by atoms with van der Waals surface area (Å²) in [7, 11) is 7.09. The minimum Gasteiger partial charge on any atom is -0.496 e. The SMILES string of the molecule is COc1cc(OC)c2c(c1Cl)O[C@@]1(C(=O)C3=C(C[C@H]1C)Nc1[nH]c(=O)[nH]c(=O)c1C3c1cc(OC)c(OC)c(OC)c1)C2=O. The number of halogens is 1. The van der Waals surface area contributed by atoms with Gasteiger partial charge >= 0.3 is 5.69 Å². The van der Waals surface area contributed by atoms with Gasteiger partial charge in [-0.15, -0.1) is 0 Å². The number of methoxy groups -OCH3 is 5. The summed E-state index contributed by atoms with van der Waals surface area (Å²) in [5.74, 6) is -1.92. The minimum absolute atomic E-state index is 0.00983. The molecule has 13 nitrogen and oxygen atoms in total. The van der Waals surface area contributed by atoms with Crippen molar-refractivity contribution in [3.63, 3.8) is 0 Å². The predicted molar refractivity (Wildman–Crippen MR) is 157 cm³/mol. The molecule has 1 unspecified atom stereocenters. The quantitative estimate of drug-likeness (QED) is 0.344. The third-order valence-corrected chi connectivity index (χ3v) is 8.74. The first kappa shape index (κ1) is 29.2. The number of anilines is 1. The molecular weight excluding hydrogens is 598 g/mol. The Morgan fingerprint density at radius 1 is 0.841 bits per heavy atom. The third-order valence-electron chi connectivity index (χ3n) is 8.38. The van der Waals surface area contributed by atoms with Gasteiger partial charge in [0.25, 0.3) is 5.56 Å². The Labute approximate surface area is 255 Å². The summed E-state index contributed by atoms with van der Waals surface area (Å²) in [5, 5.41) is 3.08. The smallest absolute Gasteiger partial charge is 0.327 e. The Morgan fingerprint density at radius 3 is 2.07 bits per heavy atom. The van der Waals surface area contributed by atoms with Crippen LogP contribution in [-0.2, 0) is 4.79 Å². The first-order valence-electron chi connectivity index (χ1n) is 13.5. The molecule has 0 saturated carbocycles. The number of benzene rings is 2. The van der Waals surface area contributed by atoms with Crippen molar-refractivity contribution in [1.29, 1.82) is 0 Å². The van der Waals surface area contributed by atoms with Gasteiger partial charge in [-0.1, -0.05) is 18.5 Å². The van der Waals surface area contributed by atoms with Crippen molar-refractivity contribution in [1.82, 2.24) is 9.97 Å². The normalized spacial score (nSPS) is 21.6. The number of H-pyrrole nitrogens is 2. The standard InChI is InChI=1S/C30H28ClN3O10/c1-11-7-13-19(25(35)30(11)26(36)20-14(39-2)10-15(40-3)22(31)24(20)44-30)18(21-27(32-13)33-29(38)34-28(21)37)12-8-16(41-4)23(43-6)17(9-12)42-5/h8-11,18H,7H2,1-6H3,(H3,32,33,34,37,38)/t11-,18?,30+/m1/s1. The van der Waals surface area contributed by atoms with Crippen LogP contribution < -0.4 is 45.0 Å². The van der Waals surface area contributed by atoms with Crippen molar-refractivity contribution in [3.8, 4) is 34.5 Å². The van der Waals surface area contributed by atoms with E-state index in [-0.39, 0.29) is 68.5 Å². The van der Waals surface area contributed by atoms with Crippen LogP contribution in [0.25, 0.3) is 0 Å². The second-order valence-corrected chi connectivity index (χ2v) is 10.9. The average molecular weight is 626 g/mol. The van der Waals surface area contributed by atoms with Crippen LogP contribution in [0.15, 0.2) is 39.1 Å². The number of aromatic nitrogens is 2. The summed E-state index contributed by atoms with van der Waals surface area (Å²) in [6, 6.07) is 4.66. The number of ether oxygens (including phenoxy) is 6. The lowest BCUT2D eigenvalue weighted by molar-refractivity contribution is -0.130. The number of Topliss-reactive ketones (excluding diaryl/α,β-unsaturated/α-hetero) is 2. The molecular formula is C30H28ClN3O10. The first-order chi connectivity index (χ1) is 21.1. The van der Waals surface area contributed by atoms with Crippen molar-refractivity contribution in [2.45, 2.75) is 24.9 Å². The molecule has 1 aliphatic carbocycles. The van der Waals surface area contributed by atoms with Crippen LogP contribution in [0.2, 0.25) is 5.02 Å². The molecule has 2 aromatic carbocycles. The van der Waals surface area contributed by atoms with Gasteiger partial charge in [-0.05, 0) is 24.1 Å². The number of ketones is 2. The van der Waals surface area contributed by atoms with Crippen molar-refractivity contribution in [2.75, 3.05) is 40.9 Å². The highest BCUT2D eigenvalue weighted by atomic mass is 35.5. The van der Waals surface area contributed by atoms with Crippen LogP contribution in [0.1, 0.15) is 40.7 Å². The number of hydrogen-bond donors (Lipinski definition) is 3. The molecule has 3 aliphatic rings. The average Bonchev–Trinajstić information content (AvgIpc) is 3.32. The van der Waals surface area contributed by atoms with E-state index in [1.165, 1.54) is 41.6 Å². The molecule has 6 rings (SSSR count). The van der Waals surface area contributed by atoms with E-state index in [1.807, 2.05) is 0 Å². The van der Waals surface area contributed by atoms with Gasteiger partial charge in [0.15, 0.2) is 17.2 Å². The number of carbonyl (C=O) groups is 2. The Hall–Kier alpha value is -4.91. The van der Waals surface area contributed by atoms with Gasteiger partial charge in [0.1, 0.15) is 27.9 Å². The second kappa shape index (κ2) is 10.4. The highest BCUT2D eigenvalue weighted by Crippen LogP contribution is 2.56. The minimum atomic E-state index is -2.04. The molecule has 3 atom stereocenters. The van der Waals surface area contributed by atoms with E-state index in [0.717, 1.165) is 0 Å². The van der Waals surface area contributed by atoms with E-state index < -0.39 is 40.3 Å². The second-order valence-electron chi connectivity index (χ2n) is 10.5. The molecule has 3 heterocycles. The van der Waals surface area contributed by atoms with Crippen LogP contribution in [0.5, 0.6) is 34.5 Å². The molecule has 1 spiro atoms. The van der Waals surface area contributed by atoms with E-state index in [1.54, 1.807) is 19.1 Å². The zero-order valence-corrected chi connectivity index (χ0v) is 25.3. The highest BCUT2D eigenvalue weighted by molar-refractivity contribution is 6.36. The summed E-state index contributed by atoms with van der Waals surface area (Å²) in [5.41, 5.74) is -2.58.